The Bertz CT molecular complexity index is 337. The van der Waals surface area contributed by atoms with E-state index in [0.717, 1.165) is 5.92 Å². The number of ether oxygens (including phenoxy) is 1. The third-order valence-corrected chi connectivity index (χ3v) is 2.04. The van der Waals surface area contributed by atoms with Gasteiger partial charge in [-0.15, -0.1) is 0 Å². The van der Waals surface area contributed by atoms with E-state index in [1.54, 1.807) is 0 Å². The van der Waals surface area contributed by atoms with E-state index in [-0.39, 0.29) is 5.60 Å². The second kappa shape index (κ2) is 5.01. The van der Waals surface area contributed by atoms with Crippen LogP contribution in [0.2, 0.25) is 0 Å². The number of rotatable bonds is 2. The average molecular weight is 225 g/mol. The molecular weight excluding hydrogens is 206 g/mol. The molecule has 0 unspecified atom stereocenters. The van der Waals surface area contributed by atoms with Crippen LogP contribution in [0.15, 0.2) is 6.07 Å². The molecule has 0 saturated heterocycles. The number of carbonyl (C=O) groups is 1. The molecule has 5 nitrogen and oxygen atoms in total. The number of hydrogen-bond acceptors (Lipinski definition) is 4. The third-order valence-electron chi connectivity index (χ3n) is 2.04. The third kappa shape index (κ3) is 4.82. The van der Waals surface area contributed by atoms with Crippen molar-refractivity contribution in [3.63, 3.8) is 0 Å². The predicted octanol–water partition coefficient (Wildman–Crippen LogP) is 1.83. The monoisotopic (exact) mass is 225 g/mol. The molecule has 1 aromatic heterocycles. The van der Waals surface area contributed by atoms with Crippen LogP contribution in [0.4, 0.5) is 5.82 Å². The molecule has 3 N–H and O–H groups in total. The molecule has 0 spiro atoms. The van der Waals surface area contributed by atoms with E-state index in [1.165, 1.54) is 18.5 Å². The zero-order valence-corrected chi connectivity index (χ0v) is 9.99. The van der Waals surface area contributed by atoms with Crippen molar-refractivity contribution in [1.29, 1.82) is 0 Å². The molecule has 0 amide bonds. The minimum absolute atomic E-state index is 0.318. The number of nitrogen functional groups attached to an aromatic ring is 1. The zero-order chi connectivity index (χ0) is 12.2. The summed E-state index contributed by atoms with van der Waals surface area (Å²) in [6.07, 6.45) is 2.59. The Labute approximate surface area is 95.4 Å². The Kier molecular flexibility index (Phi) is 3.93. The summed E-state index contributed by atoms with van der Waals surface area (Å²) in [7, 11) is 0. The summed E-state index contributed by atoms with van der Waals surface area (Å²) < 4.78 is 4.55. The lowest BCUT2D eigenvalue weighted by atomic mass is 10.2. The van der Waals surface area contributed by atoms with Gasteiger partial charge >= 0.3 is 0 Å². The van der Waals surface area contributed by atoms with Crippen LogP contribution in [-0.4, -0.2) is 22.3 Å². The van der Waals surface area contributed by atoms with Gasteiger partial charge in [0.25, 0.3) is 6.47 Å². The van der Waals surface area contributed by atoms with Crippen LogP contribution in [0.25, 0.3) is 0 Å². The number of nitrogens with zero attached hydrogens (tertiary/aromatic N) is 1. The maximum atomic E-state index is 9.60. The summed E-state index contributed by atoms with van der Waals surface area (Å²) in [6.45, 7) is 5.92. The van der Waals surface area contributed by atoms with Gasteiger partial charge in [0.05, 0.1) is 0 Å². The van der Waals surface area contributed by atoms with Crippen molar-refractivity contribution in [3.8, 4) is 0 Å². The first-order valence-electron chi connectivity index (χ1n) is 5.34. The maximum absolute atomic E-state index is 9.60. The molecular formula is C11H19N3O2. The average Bonchev–Trinajstić information content (AvgIpc) is 2.89. The van der Waals surface area contributed by atoms with Gasteiger partial charge in [-0.05, 0) is 33.6 Å². The van der Waals surface area contributed by atoms with Crippen molar-refractivity contribution in [3.05, 3.63) is 11.8 Å². The molecule has 5 heteroatoms. The number of aromatic amines is 1. The van der Waals surface area contributed by atoms with Gasteiger partial charge in [-0.2, -0.15) is 5.10 Å². The summed E-state index contributed by atoms with van der Waals surface area (Å²) in [5.74, 6) is 1.34. The van der Waals surface area contributed by atoms with Gasteiger partial charge in [0.1, 0.15) is 11.4 Å². The molecule has 1 heterocycles. The number of nitrogens with two attached hydrogens (primary N) is 1. The molecule has 0 aliphatic heterocycles. The number of aromatic nitrogens is 2. The highest BCUT2D eigenvalue weighted by Gasteiger charge is 2.24. The second-order valence-electron chi connectivity index (χ2n) is 4.85. The predicted molar refractivity (Wildman–Crippen MR) is 61.9 cm³/mol. The quantitative estimate of drug-likeness (QED) is 0.752. The standard InChI is InChI=1S/C6H9N3.C5H10O2/c7-6-3-5(8-9-6)4-1-2-4;1-5(2,3)7-4-6/h3-4H,1-2H2,(H3,7,8,9);4H,1-3H3. The number of H-pyrrole nitrogens is 1. The van der Waals surface area contributed by atoms with E-state index in [4.69, 9.17) is 5.73 Å². The van der Waals surface area contributed by atoms with Crippen molar-refractivity contribution in [1.82, 2.24) is 10.2 Å². The Morgan fingerprint density at radius 2 is 2.19 bits per heavy atom. The van der Waals surface area contributed by atoms with Crippen LogP contribution in [0, 0.1) is 0 Å². The van der Waals surface area contributed by atoms with Crippen molar-refractivity contribution in [2.75, 3.05) is 5.73 Å². The fourth-order valence-electron chi connectivity index (χ4n) is 1.10. The largest absolute Gasteiger partial charge is 0.462 e. The van der Waals surface area contributed by atoms with E-state index >= 15 is 0 Å². The van der Waals surface area contributed by atoms with Crippen LogP contribution in [0.5, 0.6) is 0 Å². The molecule has 0 bridgehead atoms. The second-order valence-corrected chi connectivity index (χ2v) is 4.85. The minimum Gasteiger partial charge on any atom is -0.462 e. The Hall–Kier alpha value is -1.52. The highest BCUT2D eigenvalue weighted by atomic mass is 16.5. The zero-order valence-electron chi connectivity index (χ0n) is 9.99. The number of hydrogen-bond donors (Lipinski definition) is 2. The van der Waals surface area contributed by atoms with Gasteiger partial charge in [0.15, 0.2) is 0 Å². The van der Waals surface area contributed by atoms with E-state index in [9.17, 15) is 4.79 Å². The van der Waals surface area contributed by atoms with E-state index in [1.807, 2.05) is 26.8 Å². The topological polar surface area (TPSA) is 81.0 Å². The first kappa shape index (κ1) is 12.5. The molecule has 1 aromatic rings. The molecule has 0 aromatic carbocycles. The number of anilines is 1. The van der Waals surface area contributed by atoms with E-state index < -0.39 is 0 Å². The minimum atomic E-state index is -0.318. The van der Waals surface area contributed by atoms with Crippen molar-refractivity contribution in [2.45, 2.75) is 45.1 Å². The fraction of sp³-hybridized carbons (Fsp3) is 0.636. The number of carbonyl (C=O) groups excluding carboxylic acids is 1. The number of nitrogens with one attached hydrogen (secondary N) is 1. The fourth-order valence-corrected chi connectivity index (χ4v) is 1.10. The lowest BCUT2D eigenvalue weighted by Crippen LogP contribution is -2.17. The van der Waals surface area contributed by atoms with Gasteiger partial charge in [-0.1, -0.05) is 0 Å². The highest BCUT2D eigenvalue weighted by molar-refractivity contribution is 5.37. The highest BCUT2D eigenvalue weighted by Crippen LogP contribution is 2.39. The van der Waals surface area contributed by atoms with Crippen LogP contribution < -0.4 is 5.73 Å². The Balaban J connectivity index is 0.000000168. The summed E-state index contributed by atoms with van der Waals surface area (Å²) in [6, 6.07) is 1.91. The van der Waals surface area contributed by atoms with E-state index in [0.29, 0.717) is 12.3 Å². The SMILES string of the molecule is CC(C)(C)OC=O.Nc1cc(C2CC2)[nH]n1. The molecule has 90 valence electrons. The van der Waals surface area contributed by atoms with Crippen LogP contribution >= 0.6 is 0 Å². The van der Waals surface area contributed by atoms with Crippen molar-refractivity contribution >= 4 is 12.3 Å². The first-order chi connectivity index (χ1) is 7.42. The molecule has 2 rings (SSSR count). The summed E-state index contributed by atoms with van der Waals surface area (Å²) in [5, 5.41) is 6.72. The lowest BCUT2D eigenvalue weighted by Gasteiger charge is -2.14. The van der Waals surface area contributed by atoms with Crippen LogP contribution in [-0.2, 0) is 9.53 Å². The Morgan fingerprint density at radius 3 is 2.44 bits per heavy atom. The van der Waals surface area contributed by atoms with Gasteiger partial charge in [-0.25, -0.2) is 0 Å². The summed E-state index contributed by atoms with van der Waals surface area (Å²) >= 11 is 0. The van der Waals surface area contributed by atoms with Gasteiger partial charge in [0.2, 0.25) is 0 Å². The summed E-state index contributed by atoms with van der Waals surface area (Å²) in [5.41, 5.74) is 6.29. The van der Waals surface area contributed by atoms with Crippen LogP contribution in [0.3, 0.4) is 0 Å². The summed E-state index contributed by atoms with van der Waals surface area (Å²) in [4.78, 5) is 9.60. The lowest BCUT2D eigenvalue weighted by molar-refractivity contribution is -0.138. The molecule has 1 aliphatic rings. The molecule has 1 saturated carbocycles. The van der Waals surface area contributed by atoms with Crippen molar-refractivity contribution < 1.29 is 9.53 Å². The normalized spacial score (nSPS) is 14.9. The molecule has 0 radical (unpaired) electrons. The van der Waals surface area contributed by atoms with Crippen LogP contribution in [0.1, 0.15) is 45.2 Å². The molecule has 1 fully saturated rings. The van der Waals surface area contributed by atoms with Gasteiger partial charge in [0, 0.05) is 17.7 Å². The van der Waals surface area contributed by atoms with Crippen molar-refractivity contribution in [2.24, 2.45) is 0 Å². The van der Waals surface area contributed by atoms with E-state index in [2.05, 4.69) is 14.9 Å². The van der Waals surface area contributed by atoms with Gasteiger partial charge < -0.3 is 10.5 Å². The molecule has 0 atom stereocenters. The molecule has 16 heavy (non-hydrogen) atoms. The first-order valence-corrected chi connectivity index (χ1v) is 5.34. The molecule has 1 aliphatic carbocycles. The Morgan fingerprint density at radius 1 is 1.56 bits per heavy atom. The smallest absolute Gasteiger partial charge is 0.293 e. The maximum Gasteiger partial charge on any atom is 0.293 e. The van der Waals surface area contributed by atoms with Gasteiger partial charge in [-0.3, -0.25) is 9.89 Å².